The first kappa shape index (κ1) is 17.5. The highest BCUT2D eigenvalue weighted by atomic mass is 16.4. The van der Waals surface area contributed by atoms with Crippen molar-refractivity contribution < 1.29 is 13.6 Å². The van der Waals surface area contributed by atoms with Crippen molar-refractivity contribution in [3.8, 4) is 0 Å². The van der Waals surface area contributed by atoms with Gasteiger partial charge in [0.15, 0.2) is 0 Å². The minimum atomic E-state index is -0.387. The van der Waals surface area contributed by atoms with Crippen LogP contribution in [0.4, 0.5) is 5.69 Å². The highest BCUT2D eigenvalue weighted by molar-refractivity contribution is 5.91. The summed E-state index contributed by atoms with van der Waals surface area (Å²) >= 11 is 0. The first-order chi connectivity index (χ1) is 12.6. The lowest BCUT2D eigenvalue weighted by atomic mass is 10.2. The van der Waals surface area contributed by atoms with Crippen LogP contribution in [0.15, 0.2) is 68.4 Å². The standard InChI is InChI=1S/C20H20N2O4/c1-22(19(23)10-9-15-6-4-13-25-15)12-5-11-21-17-14-20(24)26-18-8-3-2-7-16(17)18/h2-4,6-10,13-14,21H,5,11-12H2,1H3. The molecule has 0 bridgehead atoms. The molecule has 0 fully saturated rings. The number of carbonyl (C=O) groups is 1. The summed E-state index contributed by atoms with van der Waals surface area (Å²) in [5.41, 5.74) is 0.906. The van der Waals surface area contributed by atoms with Crippen LogP contribution in [-0.4, -0.2) is 30.9 Å². The highest BCUT2D eigenvalue weighted by Crippen LogP contribution is 2.20. The summed E-state index contributed by atoms with van der Waals surface area (Å²) in [6, 6.07) is 12.4. The quantitative estimate of drug-likeness (QED) is 0.401. The molecule has 0 radical (unpaired) electrons. The van der Waals surface area contributed by atoms with Crippen LogP contribution in [0.5, 0.6) is 0 Å². The Balaban J connectivity index is 1.51. The Morgan fingerprint density at radius 3 is 2.88 bits per heavy atom. The smallest absolute Gasteiger partial charge is 0.338 e. The van der Waals surface area contributed by atoms with E-state index in [9.17, 15) is 9.59 Å². The van der Waals surface area contributed by atoms with Crippen molar-refractivity contribution in [3.05, 3.63) is 71.0 Å². The topological polar surface area (TPSA) is 75.7 Å². The monoisotopic (exact) mass is 352 g/mol. The Hall–Kier alpha value is -3.28. The van der Waals surface area contributed by atoms with E-state index in [0.717, 1.165) is 17.5 Å². The second kappa shape index (κ2) is 8.20. The van der Waals surface area contributed by atoms with E-state index in [1.54, 1.807) is 42.5 Å². The summed E-state index contributed by atoms with van der Waals surface area (Å²) < 4.78 is 10.3. The van der Waals surface area contributed by atoms with Gasteiger partial charge in [-0.25, -0.2) is 4.79 Å². The number of benzene rings is 1. The fourth-order valence-electron chi connectivity index (χ4n) is 2.57. The molecular formula is C20H20N2O4. The molecule has 0 saturated carbocycles. The van der Waals surface area contributed by atoms with Crippen molar-refractivity contribution >= 4 is 28.6 Å². The third kappa shape index (κ3) is 4.42. The maximum atomic E-state index is 12.0. The number of para-hydroxylation sites is 1. The third-order valence-corrected chi connectivity index (χ3v) is 3.95. The van der Waals surface area contributed by atoms with Gasteiger partial charge in [-0.05, 0) is 36.8 Å². The van der Waals surface area contributed by atoms with Gasteiger partial charge in [-0.15, -0.1) is 0 Å². The third-order valence-electron chi connectivity index (χ3n) is 3.95. The molecule has 0 aliphatic carbocycles. The summed E-state index contributed by atoms with van der Waals surface area (Å²) in [6.07, 6.45) is 5.44. The highest BCUT2D eigenvalue weighted by Gasteiger charge is 2.06. The van der Waals surface area contributed by atoms with Crippen LogP contribution in [0.2, 0.25) is 0 Å². The zero-order valence-corrected chi connectivity index (χ0v) is 14.5. The van der Waals surface area contributed by atoms with Crippen LogP contribution in [0.3, 0.4) is 0 Å². The average Bonchev–Trinajstić information content (AvgIpc) is 3.16. The summed E-state index contributed by atoms with van der Waals surface area (Å²) in [6.45, 7) is 1.22. The summed E-state index contributed by atoms with van der Waals surface area (Å²) in [5, 5.41) is 4.11. The van der Waals surface area contributed by atoms with E-state index in [1.807, 2.05) is 18.2 Å². The van der Waals surface area contributed by atoms with E-state index in [-0.39, 0.29) is 11.5 Å². The lowest BCUT2D eigenvalue weighted by molar-refractivity contribution is -0.124. The van der Waals surface area contributed by atoms with E-state index < -0.39 is 0 Å². The maximum Gasteiger partial charge on any atom is 0.338 e. The fraction of sp³-hybridized carbons (Fsp3) is 0.200. The van der Waals surface area contributed by atoms with Crippen LogP contribution in [0, 0.1) is 0 Å². The average molecular weight is 352 g/mol. The Labute approximate surface area is 150 Å². The Morgan fingerprint density at radius 1 is 1.23 bits per heavy atom. The molecule has 0 aliphatic heterocycles. The molecule has 26 heavy (non-hydrogen) atoms. The molecule has 0 aliphatic rings. The van der Waals surface area contributed by atoms with Crippen molar-refractivity contribution in [2.45, 2.75) is 6.42 Å². The number of hydrogen-bond acceptors (Lipinski definition) is 5. The molecular weight excluding hydrogens is 332 g/mol. The Bertz CT molecular complexity index is 957. The summed E-state index contributed by atoms with van der Waals surface area (Å²) in [4.78, 5) is 25.3. The molecule has 6 nitrogen and oxygen atoms in total. The van der Waals surface area contributed by atoms with Crippen molar-refractivity contribution in [1.29, 1.82) is 0 Å². The molecule has 6 heteroatoms. The van der Waals surface area contributed by atoms with Gasteiger partial charge in [-0.3, -0.25) is 4.79 Å². The number of anilines is 1. The van der Waals surface area contributed by atoms with Crippen LogP contribution >= 0.6 is 0 Å². The van der Waals surface area contributed by atoms with Gasteiger partial charge in [0.2, 0.25) is 5.91 Å². The molecule has 2 heterocycles. The van der Waals surface area contributed by atoms with E-state index in [0.29, 0.717) is 24.4 Å². The molecule has 134 valence electrons. The van der Waals surface area contributed by atoms with Crippen molar-refractivity contribution in [3.63, 3.8) is 0 Å². The second-order valence-electron chi connectivity index (χ2n) is 5.86. The number of amides is 1. The largest absolute Gasteiger partial charge is 0.465 e. The van der Waals surface area contributed by atoms with Gasteiger partial charge >= 0.3 is 5.63 Å². The van der Waals surface area contributed by atoms with Gasteiger partial charge in [0, 0.05) is 37.7 Å². The lowest BCUT2D eigenvalue weighted by Gasteiger charge is -2.15. The van der Waals surface area contributed by atoms with Crippen LogP contribution in [0.25, 0.3) is 17.0 Å². The number of nitrogens with one attached hydrogen (secondary N) is 1. The Morgan fingerprint density at radius 2 is 2.08 bits per heavy atom. The van der Waals surface area contributed by atoms with Gasteiger partial charge in [-0.1, -0.05) is 12.1 Å². The predicted molar refractivity (Wildman–Crippen MR) is 101 cm³/mol. The van der Waals surface area contributed by atoms with E-state index >= 15 is 0 Å². The van der Waals surface area contributed by atoms with Crippen LogP contribution in [-0.2, 0) is 4.79 Å². The molecule has 0 spiro atoms. The first-order valence-electron chi connectivity index (χ1n) is 8.37. The zero-order valence-electron chi connectivity index (χ0n) is 14.5. The van der Waals surface area contributed by atoms with Gasteiger partial charge in [-0.2, -0.15) is 0 Å². The minimum absolute atomic E-state index is 0.0906. The number of hydrogen-bond donors (Lipinski definition) is 1. The van der Waals surface area contributed by atoms with Crippen LogP contribution < -0.4 is 10.9 Å². The van der Waals surface area contributed by atoms with Gasteiger partial charge < -0.3 is 19.1 Å². The van der Waals surface area contributed by atoms with Crippen molar-refractivity contribution in [1.82, 2.24) is 4.90 Å². The van der Waals surface area contributed by atoms with Crippen molar-refractivity contribution in [2.75, 3.05) is 25.5 Å². The van der Waals surface area contributed by atoms with E-state index in [1.165, 1.54) is 12.1 Å². The SMILES string of the molecule is CN(CCCNc1cc(=O)oc2ccccc12)C(=O)C=Cc1ccco1. The summed E-state index contributed by atoms with van der Waals surface area (Å²) in [7, 11) is 1.75. The van der Waals surface area contributed by atoms with E-state index in [2.05, 4.69) is 5.32 Å². The fourth-order valence-corrected chi connectivity index (χ4v) is 2.57. The van der Waals surface area contributed by atoms with Crippen LogP contribution in [0.1, 0.15) is 12.2 Å². The molecule has 1 N–H and O–H groups in total. The molecule has 1 aromatic carbocycles. The number of furan rings is 1. The molecule has 2 aromatic heterocycles. The molecule has 1 amide bonds. The number of likely N-dealkylation sites (N-methyl/N-ethyl adjacent to an activating group) is 1. The molecule has 0 saturated heterocycles. The lowest BCUT2D eigenvalue weighted by Crippen LogP contribution is -2.27. The van der Waals surface area contributed by atoms with E-state index in [4.69, 9.17) is 8.83 Å². The molecule has 0 unspecified atom stereocenters. The Kier molecular flexibility index (Phi) is 5.53. The second-order valence-corrected chi connectivity index (χ2v) is 5.86. The van der Waals surface area contributed by atoms with Gasteiger partial charge in [0.1, 0.15) is 11.3 Å². The number of fused-ring (bicyclic) bond motifs is 1. The number of nitrogens with zero attached hydrogens (tertiary/aromatic N) is 1. The first-order valence-corrected chi connectivity index (χ1v) is 8.37. The molecule has 3 rings (SSSR count). The summed E-state index contributed by atoms with van der Waals surface area (Å²) in [5.74, 6) is 0.551. The molecule has 0 atom stereocenters. The van der Waals surface area contributed by atoms with Gasteiger partial charge in [0.25, 0.3) is 0 Å². The van der Waals surface area contributed by atoms with Gasteiger partial charge in [0.05, 0.1) is 12.0 Å². The van der Waals surface area contributed by atoms with Crippen molar-refractivity contribution in [2.24, 2.45) is 0 Å². The number of rotatable bonds is 7. The maximum absolute atomic E-state index is 12.0. The molecule has 3 aromatic rings. The zero-order chi connectivity index (χ0) is 18.4. The normalized spacial score (nSPS) is 11.1. The minimum Gasteiger partial charge on any atom is -0.465 e. The number of carbonyl (C=O) groups excluding carboxylic acids is 1. The predicted octanol–water partition coefficient (Wildman–Crippen LogP) is 3.36.